The van der Waals surface area contributed by atoms with Crippen molar-refractivity contribution in [3.63, 3.8) is 0 Å². The van der Waals surface area contributed by atoms with Gasteiger partial charge in [0.05, 0.1) is 11.8 Å². The maximum Gasteiger partial charge on any atom is 0.335 e. The Bertz CT molecular complexity index is 1260. The lowest BCUT2D eigenvalue weighted by molar-refractivity contribution is -0.136. The van der Waals surface area contributed by atoms with E-state index in [1.807, 2.05) is 0 Å². The number of furan rings is 1. The number of hydrogen-bond donors (Lipinski definition) is 3. The molecule has 0 spiro atoms. The van der Waals surface area contributed by atoms with Gasteiger partial charge in [0.1, 0.15) is 11.5 Å². The van der Waals surface area contributed by atoms with Crippen LogP contribution < -0.4 is 5.43 Å². The molecule has 4 rings (SSSR count). The smallest absolute Gasteiger partial charge is 0.335 e. The number of nitrogens with zero attached hydrogens (tertiary/aromatic N) is 1. The Kier molecular flexibility index (Phi) is 6.15. The molecule has 0 fully saturated rings. The summed E-state index contributed by atoms with van der Waals surface area (Å²) in [5.74, 6) is -0.959. The number of amides is 1. The van der Waals surface area contributed by atoms with Crippen molar-refractivity contribution >= 4 is 18.1 Å². The average Bonchev–Trinajstić information content (AvgIpc) is 3.33. The van der Waals surface area contributed by atoms with Crippen LogP contribution in [0.5, 0.6) is 0 Å². The number of benzene rings is 3. The standard InChI is InChI=1S/C26H20N2O5/c29-24(30)19-9-7-8-18(16-19)23-15-14-22(33-23)17-27-28-25(31)26(32,20-10-3-1-4-11-20)21-12-5-2-6-13-21/h1-17,32H,(H,28,31)(H,29,30). The summed E-state index contributed by atoms with van der Waals surface area (Å²) < 4.78 is 5.69. The zero-order chi connectivity index (χ0) is 23.3. The van der Waals surface area contributed by atoms with E-state index in [9.17, 15) is 14.7 Å². The molecule has 3 aromatic carbocycles. The van der Waals surface area contributed by atoms with Crippen LogP contribution in [0.15, 0.2) is 107 Å². The maximum absolute atomic E-state index is 13.0. The van der Waals surface area contributed by atoms with Crippen molar-refractivity contribution in [3.8, 4) is 11.3 Å². The highest BCUT2D eigenvalue weighted by Crippen LogP contribution is 2.30. The van der Waals surface area contributed by atoms with E-state index in [0.29, 0.717) is 28.2 Å². The fourth-order valence-corrected chi connectivity index (χ4v) is 3.41. The van der Waals surface area contributed by atoms with Crippen molar-refractivity contribution < 1.29 is 24.2 Å². The zero-order valence-electron chi connectivity index (χ0n) is 17.4. The third kappa shape index (κ3) is 4.58. The average molecular weight is 440 g/mol. The summed E-state index contributed by atoms with van der Waals surface area (Å²) in [7, 11) is 0. The van der Waals surface area contributed by atoms with Gasteiger partial charge in [0.2, 0.25) is 0 Å². The van der Waals surface area contributed by atoms with Gasteiger partial charge in [0.15, 0.2) is 5.60 Å². The highest BCUT2D eigenvalue weighted by atomic mass is 16.4. The fourth-order valence-electron chi connectivity index (χ4n) is 3.41. The molecule has 0 bridgehead atoms. The van der Waals surface area contributed by atoms with Gasteiger partial charge in [-0.25, -0.2) is 10.2 Å². The Morgan fingerprint density at radius 2 is 1.48 bits per heavy atom. The number of nitrogens with one attached hydrogen (secondary N) is 1. The number of aliphatic hydroxyl groups is 1. The summed E-state index contributed by atoms with van der Waals surface area (Å²) in [5.41, 5.74) is 2.00. The van der Waals surface area contributed by atoms with Crippen molar-refractivity contribution in [2.24, 2.45) is 5.10 Å². The van der Waals surface area contributed by atoms with Gasteiger partial charge in [-0.1, -0.05) is 72.8 Å². The van der Waals surface area contributed by atoms with Crippen molar-refractivity contribution in [2.45, 2.75) is 5.60 Å². The molecule has 1 heterocycles. The first-order chi connectivity index (χ1) is 16.0. The molecular weight excluding hydrogens is 420 g/mol. The monoisotopic (exact) mass is 440 g/mol. The van der Waals surface area contributed by atoms with Gasteiger partial charge in [0.25, 0.3) is 5.91 Å². The third-order valence-corrected chi connectivity index (χ3v) is 5.09. The predicted molar refractivity (Wildman–Crippen MR) is 123 cm³/mol. The van der Waals surface area contributed by atoms with Crippen LogP contribution in [-0.2, 0) is 10.4 Å². The van der Waals surface area contributed by atoms with Crippen LogP contribution in [0, 0.1) is 0 Å². The Morgan fingerprint density at radius 1 is 0.848 bits per heavy atom. The topological polar surface area (TPSA) is 112 Å². The van der Waals surface area contributed by atoms with Crippen molar-refractivity contribution in [1.82, 2.24) is 5.43 Å². The molecule has 0 aliphatic rings. The van der Waals surface area contributed by atoms with E-state index >= 15 is 0 Å². The molecule has 0 aliphatic heterocycles. The van der Waals surface area contributed by atoms with Gasteiger partial charge in [-0.2, -0.15) is 5.10 Å². The lowest BCUT2D eigenvalue weighted by Gasteiger charge is -2.26. The summed E-state index contributed by atoms with van der Waals surface area (Å²) >= 11 is 0. The molecule has 164 valence electrons. The number of carbonyl (C=O) groups excluding carboxylic acids is 1. The molecule has 0 saturated carbocycles. The number of aromatic carboxylic acids is 1. The van der Waals surface area contributed by atoms with Crippen LogP contribution in [0.25, 0.3) is 11.3 Å². The van der Waals surface area contributed by atoms with E-state index < -0.39 is 17.5 Å². The molecule has 0 aliphatic carbocycles. The van der Waals surface area contributed by atoms with Gasteiger partial charge >= 0.3 is 5.97 Å². The van der Waals surface area contributed by atoms with Gasteiger partial charge < -0.3 is 14.6 Å². The molecule has 0 radical (unpaired) electrons. The lowest BCUT2D eigenvalue weighted by Crippen LogP contribution is -2.43. The maximum atomic E-state index is 13.0. The first kappa shape index (κ1) is 21.7. The normalized spacial score (nSPS) is 11.4. The van der Waals surface area contributed by atoms with Crippen molar-refractivity contribution in [1.29, 1.82) is 0 Å². The van der Waals surface area contributed by atoms with Gasteiger partial charge in [-0.3, -0.25) is 4.79 Å². The number of hydrogen-bond acceptors (Lipinski definition) is 5. The van der Waals surface area contributed by atoms with E-state index in [0.717, 1.165) is 0 Å². The molecule has 0 atom stereocenters. The second-order valence-corrected chi connectivity index (χ2v) is 7.23. The summed E-state index contributed by atoms with van der Waals surface area (Å²) in [5, 5.41) is 24.5. The minimum Gasteiger partial charge on any atom is -0.478 e. The summed E-state index contributed by atoms with van der Waals surface area (Å²) in [4.78, 5) is 24.2. The van der Waals surface area contributed by atoms with E-state index in [1.54, 1.807) is 84.9 Å². The van der Waals surface area contributed by atoms with Crippen LogP contribution in [0.2, 0.25) is 0 Å². The summed E-state index contributed by atoms with van der Waals surface area (Å²) in [6.07, 6.45) is 1.30. The molecule has 3 N–H and O–H groups in total. The molecular formula is C26H20N2O5. The first-order valence-electron chi connectivity index (χ1n) is 10.1. The highest BCUT2D eigenvalue weighted by Gasteiger charge is 2.39. The van der Waals surface area contributed by atoms with E-state index in [1.165, 1.54) is 18.3 Å². The lowest BCUT2D eigenvalue weighted by atomic mass is 9.85. The Balaban J connectivity index is 1.54. The van der Waals surface area contributed by atoms with Crippen molar-refractivity contribution in [3.05, 3.63) is 120 Å². The van der Waals surface area contributed by atoms with Gasteiger partial charge in [0, 0.05) is 5.56 Å². The summed E-state index contributed by atoms with van der Waals surface area (Å²) in [6.45, 7) is 0. The third-order valence-electron chi connectivity index (χ3n) is 5.09. The molecule has 33 heavy (non-hydrogen) atoms. The Labute approximate surface area is 189 Å². The van der Waals surface area contributed by atoms with Crippen LogP contribution >= 0.6 is 0 Å². The fraction of sp³-hybridized carbons (Fsp3) is 0.0385. The van der Waals surface area contributed by atoms with E-state index in [4.69, 9.17) is 9.52 Å². The Morgan fingerprint density at radius 3 is 2.09 bits per heavy atom. The zero-order valence-corrected chi connectivity index (χ0v) is 17.4. The molecule has 1 amide bonds. The number of rotatable bonds is 7. The van der Waals surface area contributed by atoms with Crippen LogP contribution in [-0.4, -0.2) is 28.3 Å². The molecule has 4 aromatic rings. The minimum absolute atomic E-state index is 0.146. The van der Waals surface area contributed by atoms with Crippen LogP contribution in [0.1, 0.15) is 27.2 Å². The van der Waals surface area contributed by atoms with E-state index in [-0.39, 0.29) is 5.56 Å². The van der Waals surface area contributed by atoms with Crippen molar-refractivity contribution in [2.75, 3.05) is 0 Å². The number of carboxylic acids is 1. The predicted octanol–water partition coefficient (Wildman–Crippen LogP) is 4.03. The number of hydrazone groups is 1. The molecule has 7 nitrogen and oxygen atoms in total. The van der Waals surface area contributed by atoms with E-state index in [2.05, 4.69) is 10.5 Å². The minimum atomic E-state index is -1.94. The van der Waals surface area contributed by atoms with Crippen LogP contribution in [0.3, 0.4) is 0 Å². The molecule has 0 unspecified atom stereocenters. The van der Waals surface area contributed by atoms with Crippen LogP contribution in [0.4, 0.5) is 0 Å². The molecule has 1 aromatic heterocycles. The quantitative estimate of drug-likeness (QED) is 0.297. The van der Waals surface area contributed by atoms with Gasteiger partial charge in [-0.15, -0.1) is 0 Å². The molecule has 0 saturated heterocycles. The molecule has 7 heteroatoms. The second kappa shape index (κ2) is 9.33. The Hall–Kier alpha value is -4.49. The summed E-state index contributed by atoms with van der Waals surface area (Å²) in [6, 6.07) is 26.9. The first-order valence-corrected chi connectivity index (χ1v) is 10.1. The highest BCUT2D eigenvalue weighted by molar-refractivity contribution is 5.91. The van der Waals surface area contributed by atoms with Gasteiger partial charge in [-0.05, 0) is 35.4 Å². The number of carbonyl (C=O) groups is 2. The largest absolute Gasteiger partial charge is 0.478 e. The second-order valence-electron chi connectivity index (χ2n) is 7.23. The SMILES string of the molecule is O=C(O)c1cccc(-c2ccc(C=NNC(=O)C(O)(c3ccccc3)c3ccccc3)o2)c1. The number of carboxylic acid groups (broad SMARTS) is 1.